The van der Waals surface area contributed by atoms with Gasteiger partial charge in [-0.1, -0.05) is 67.4 Å². The number of fused-ring (bicyclic) bond motifs is 4. The van der Waals surface area contributed by atoms with Crippen LogP contribution in [0.1, 0.15) is 85.3 Å². The van der Waals surface area contributed by atoms with Gasteiger partial charge in [0.05, 0.1) is 10.9 Å². The van der Waals surface area contributed by atoms with Crippen molar-refractivity contribution in [3.05, 3.63) is 106 Å². The second-order valence-corrected chi connectivity index (χ2v) is 19.5. The monoisotopic (exact) mass is 814 g/mol. The average Bonchev–Trinajstić information content (AvgIpc) is 3.23. The van der Waals surface area contributed by atoms with Crippen LogP contribution in [0.15, 0.2) is 78.9 Å². The summed E-state index contributed by atoms with van der Waals surface area (Å²) in [5.74, 6) is 0.344. The topological polar surface area (TPSA) is 91.4 Å². The zero-order valence-electron chi connectivity index (χ0n) is 33.6. The summed E-state index contributed by atoms with van der Waals surface area (Å²) in [4.78, 5) is 21.8. The number of benzene rings is 3. The normalized spacial score (nSPS) is 30.5. The van der Waals surface area contributed by atoms with E-state index in [9.17, 15) is 13.2 Å². The summed E-state index contributed by atoms with van der Waals surface area (Å²) in [5, 5.41) is -0.119. The van der Waals surface area contributed by atoms with Gasteiger partial charge in [0.1, 0.15) is 18.1 Å². The maximum atomic E-state index is 14.4. The fourth-order valence-electron chi connectivity index (χ4n) is 10.3. The number of amides is 1. The third-order valence-corrected chi connectivity index (χ3v) is 15.8. The summed E-state index contributed by atoms with van der Waals surface area (Å²) in [7, 11) is -2.23. The fourth-order valence-corrected chi connectivity index (χ4v) is 12.2. The molecule has 1 amide bonds. The van der Waals surface area contributed by atoms with E-state index in [1.807, 2.05) is 74.7 Å². The van der Waals surface area contributed by atoms with E-state index in [-0.39, 0.29) is 11.8 Å². The van der Waals surface area contributed by atoms with Crippen LogP contribution in [0.3, 0.4) is 0 Å². The highest BCUT2D eigenvalue weighted by molar-refractivity contribution is 7.90. The lowest BCUT2D eigenvalue weighted by molar-refractivity contribution is -0.189. The van der Waals surface area contributed by atoms with Crippen LogP contribution in [0.4, 0.5) is 5.69 Å². The molecule has 0 unspecified atom stereocenters. The number of carbonyl (C=O) groups excluding carboxylic acids is 1. The van der Waals surface area contributed by atoms with Crippen molar-refractivity contribution in [1.82, 2.24) is 14.5 Å². The zero-order chi connectivity index (χ0) is 39.6. The van der Waals surface area contributed by atoms with E-state index in [2.05, 4.69) is 31.6 Å². The maximum Gasteiger partial charge on any atom is 0.264 e. The molecular formula is C46H59ClN4O5S. The molecule has 9 nitrogen and oxygen atoms in total. The first-order valence-corrected chi connectivity index (χ1v) is 23.2. The molecule has 3 aromatic rings. The summed E-state index contributed by atoms with van der Waals surface area (Å²) in [5.41, 5.74) is 3.69. The van der Waals surface area contributed by atoms with Crippen molar-refractivity contribution >= 4 is 33.2 Å². The Morgan fingerprint density at radius 3 is 2.56 bits per heavy atom. The Labute approximate surface area is 344 Å². The van der Waals surface area contributed by atoms with Crippen LogP contribution in [0.5, 0.6) is 5.75 Å². The van der Waals surface area contributed by atoms with E-state index in [4.69, 9.17) is 21.1 Å². The molecule has 6 atom stereocenters. The van der Waals surface area contributed by atoms with Crippen LogP contribution in [-0.2, 0) is 34.2 Å². The Bertz CT molecular complexity index is 2030. The standard InChI is InChI=1S/C46H59ClN4O5S/c1-33-11-10-22-46(55-2,51-26-25-49-23-9-7-15-40(49)31-51)41-20-17-37(41)30-50-24-8-6-14-35-28-39(47)19-16-38(35)32-56-43-21-18-36(29-42(43)50)45(52)48-57(53,54)44(33)27-34-12-4-3-5-13-34/h3-5,10,12-13,16,18-19,21-22,28-29,33,37,40-41,44H,6-9,11,14-15,17,20,23-27,30-32H2,1-2H3,(H,48,52)/b22-10+/t33-,37-,40+,41+,44+,46-/m0/s1. The predicted molar refractivity (Wildman–Crippen MR) is 227 cm³/mol. The number of ether oxygens (including phenoxy) is 2. The number of halogens is 1. The lowest BCUT2D eigenvalue weighted by Gasteiger charge is -2.57. The molecule has 2 saturated heterocycles. The van der Waals surface area contributed by atoms with Gasteiger partial charge < -0.3 is 14.4 Å². The first-order chi connectivity index (χ1) is 27.6. The van der Waals surface area contributed by atoms with E-state index in [1.165, 1.54) is 31.4 Å². The Balaban J connectivity index is 1.20. The lowest BCUT2D eigenvalue weighted by atomic mass is 9.66. The van der Waals surface area contributed by atoms with Crippen molar-refractivity contribution in [1.29, 1.82) is 0 Å². The predicted octanol–water partition coefficient (Wildman–Crippen LogP) is 7.87. The Morgan fingerprint density at radius 2 is 1.75 bits per heavy atom. The largest absolute Gasteiger partial charge is 0.487 e. The second-order valence-electron chi connectivity index (χ2n) is 17.1. The number of piperidine rings is 1. The van der Waals surface area contributed by atoms with Crippen LogP contribution < -0.4 is 14.4 Å². The summed E-state index contributed by atoms with van der Waals surface area (Å²) in [6.45, 7) is 7.99. The van der Waals surface area contributed by atoms with Crippen molar-refractivity contribution in [2.24, 2.45) is 17.8 Å². The molecule has 2 bridgehead atoms. The highest BCUT2D eigenvalue weighted by atomic mass is 35.5. The quantitative estimate of drug-likeness (QED) is 0.267. The van der Waals surface area contributed by atoms with Crippen LogP contribution in [-0.4, -0.2) is 87.5 Å². The number of rotatable bonds is 4. The smallest absolute Gasteiger partial charge is 0.264 e. The number of aryl methyl sites for hydroxylation is 1. The molecule has 1 aliphatic carbocycles. The van der Waals surface area contributed by atoms with Gasteiger partial charge in [-0.15, -0.1) is 0 Å². The number of piperazine rings is 1. The number of hydrogen-bond donors (Lipinski definition) is 1. The minimum Gasteiger partial charge on any atom is -0.487 e. The summed E-state index contributed by atoms with van der Waals surface area (Å²) in [6.07, 6.45) is 14.0. The molecule has 4 heterocycles. The average molecular weight is 816 g/mol. The molecule has 8 rings (SSSR count). The fraction of sp³-hybridized carbons (Fsp3) is 0.543. The minimum atomic E-state index is -4.11. The molecule has 57 heavy (non-hydrogen) atoms. The molecule has 0 spiro atoms. The number of anilines is 1. The van der Waals surface area contributed by atoms with E-state index >= 15 is 0 Å². The number of sulfonamides is 1. The molecule has 3 fully saturated rings. The van der Waals surface area contributed by atoms with Gasteiger partial charge in [0, 0.05) is 62.4 Å². The molecule has 306 valence electrons. The summed E-state index contributed by atoms with van der Waals surface area (Å²) in [6, 6.07) is 21.6. The summed E-state index contributed by atoms with van der Waals surface area (Å²) >= 11 is 6.45. The molecule has 1 N–H and O–H groups in total. The van der Waals surface area contributed by atoms with E-state index in [1.54, 1.807) is 6.07 Å². The van der Waals surface area contributed by atoms with Crippen molar-refractivity contribution in [3.8, 4) is 5.75 Å². The van der Waals surface area contributed by atoms with Crippen molar-refractivity contribution < 1.29 is 22.7 Å². The van der Waals surface area contributed by atoms with Crippen LogP contribution >= 0.6 is 11.6 Å². The highest BCUT2D eigenvalue weighted by Crippen LogP contribution is 2.48. The van der Waals surface area contributed by atoms with Gasteiger partial charge in [0.25, 0.3) is 5.91 Å². The SMILES string of the molecule is CO[C@@]1(N2CCN3CCCC[C@@H]3C2)/C=C/C[C@H](C)[C@@H](Cc2ccccc2)S(=O)(=O)NC(=O)c2ccc3c(c2)N(CCCCc2cc(Cl)ccc2CO3)C[C@@H]2CC[C@H]21. The van der Waals surface area contributed by atoms with Gasteiger partial charge in [-0.05, 0) is 129 Å². The maximum absolute atomic E-state index is 14.4. The molecule has 1 saturated carbocycles. The van der Waals surface area contributed by atoms with Gasteiger partial charge in [0.15, 0.2) is 0 Å². The second kappa shape index (κ2) is 17.4. The van der Waals surface area contributed by atoms with Crippen LogP contribution in [0, 0.1) is 17.8 Å². The molecule has 4 aliphatic heterocycles. The molecular weight excluding hydrogens is 756 g/mol. The molecule has 0 aromatic heterocycles. The first-order valence-electron chi connectivity index (χ1n) is 21.2. The van der Waals surface area contributed by atoms with Crippen molar-refractivity contribution in [2.45, 2.75) is 94.8 Å². The first kappa shape index (κ1) is 40.4. The molecule has 11 heteroatoms. The third kappa shape index (κ3) is 8.67. The van der Waals surface area contributed by atoms with Crippen LogP contribution in [0.2, 0.25) is 5.02 Å². The molecule has 3 aromatic carbocycles. The van der Waals surface area contributed by atoms with E-state index < -0.39 is 26.9 Å². The third-order valence-electron chi connectivity index (χ3n) is 13.7. The van der Waals surface area contributed by atoms with Crippen molar-refractivity contribution in [3.63, 3.8) is 0 Å². The van der Waals surface area contributed by atoms with Gasteiger partial charge in [-0.3, -0.25) is 14.6 Å². The van der Waals surface area contributed by atoms with E-state index in [0.29, 0.717) is 42.7 Å². The highest BCUT2D eigenvalue weighted by Gasteiger charge is 2.52. The Hall–Kier alpha value is -3.41. The van der Waals surface area contributed by atoms with E-state index in [0.717, 1.165) is 86.7 Å². The lowest BCUT2D eigenvalue weighted by Crippen LogP contribution is -2.66. The Morgan fingerprint density at radius 1 is 0.912 bits per heavy atom. The molecule has 5 aliphatic rings. The summed E-state index contributed by atoms with van der Waals surface area (Å²) < 4.78 is 44.8. The number of carbonyl (C=O) groups is 1. The number of nitrogens with one attached hydrogen (secondary N) is 1. The number of nitrogens with zero attached hydrogens (tertiary/aromatic N) is 3. The number of methoxy groups -OCH3 is 1. The zero-order valence-corrected chi connectivity index (χ0v) is 35.2. The van der Waals surface area contributed by atoms with Crippen molar-refractivity contribution in [2.75, 3.05) is 51.3 Å². The number of allylic oxidation sites excluding steroid dienone is 1. The molecule has 0 radical (unpaired) electrons. The minimum absolute atomic E-state index is 0.237. The van der Waals surface area contributed by atoms with Gasteiger partial charge in [-0.25, -0.2) is 13.1 Å². The number of hydrogen-bond acceptors (Lipinski definition) is 8. The van der Waals surface area contributed by atoms with Gasteiger partial charge >= 0.3 is 0 Å². The van der Waals surface area contributed by atoms with Gasteiger partial charge in [0.2, 0.25) is 10.0 Å². The van der Waals surface area contributed by atoms with Crippen LogP contribution in [0.25, 0.3) is 0 Å². The van der Waals surface area contributed by atoms with Gasteiger partial charge in [-0.2, -0.15) is 0 Å². The Kier molecular flexibility index (Phi) is 12.4.